The second-order valence-electron chi connectivity index (χ2n) is 14.9. The predicted octanol–water partition coefficient (Wildman–Crippen LogP) is 13.9. The lowest BCUT2D eigenvalue weighted by atomic mass is 9.93. The van der Waals surface area contributed by atoms with E-state index in [0.717, 1.165) is 89.4 Å². The molecule has 0 aliphatic heterocycles. The van der Waals surface area contributed by atoms with Gasteiger partial charge in [-0.2, -0.15) is 0 Å². The molecule has 0 radical (unpaired) electrons. The molecule has 6 heteroatoms. The average Bonchev–Trinajstić information content (AvgIpc) is 3.73. The van der Waals surface area contributed by atoms with Gasteiger partial charge < -0.3 is 8.83 Å². The second-order valence-corrected chi connectivity index (χ2v) is 14.9. The van der Waals surface area contributed by atoms with Crippen LogP contribution in [0, 0.1) is 34.6 Å². The molecule has 0 bridgehead atoms. The maximum absolute atomic E-state index is 6.74. The molecule has 5 aromatic carbocycles. The van der Waals surface area contributed by atoms with Gasteiger partial charge in [0.2, 0.25) is 0 Å². The maximum atomic E-state index is 6.74. The average molecular weight is 707 g/mol. The summed E-state index contributed by atoms with van der Waals surface area (Å²) in [6.45, 7) is 15.0. The van der Waals surface area contributed by atoms with Crippen molar-refractivity contribution in [3.8, 4) is 0 Å². The number of hydrogen-bond acceptors (Lipinski definition) is 6. The molecule has 266 valence electrons. The van der Waals surface area contributed by atoms with Crippen LogP contribution in [0.4, 0.5) is 34.4 Å². The third kappa shape index (κ3) is 5.57. The summed E-state index contributed by atoms with van der Waals surface area (Å²) >= 11 is 0. The van der Waals surface area contributed by atoms with E-state index >= 15 is 0 Å². The Kier molecular flexibility index (Phi) is 8.00. The molecule has 0 unspecified atom stereocenters. The highest BCUT2D eigenvalue weighted by Crippen LogP contribution is 2.47. The molecule has 54 heavy (non-hydrogen) atoms. The van der Waals surface area contributed by atoms with E-state index in [2.05, 4.69) is 167 Å². The molecule has 4 heterocycles. The molecule has 0 amide bonds. The molecule has 6 nitrogen and oxygen atoms in total. The van der Waals surface area contributed by atoms with Gasteiger partial charge in [0.1, 0.15) is 22.8 Å². The Balaban J connectivity index is 1.29. The number of benzene rings is 5. The highest BCUT2D eigenvalue weighted by atomic mass is 16.3. The lowest BCUT2D eigenvalue weighted by molar-refractivity contribution is 0.635. The van der Waals surface area contributed by atoms with Gasteiger partial charge in [-0.05, 0) is 107 Å². The number of hydrogen-bond donors (Lipinski definition) is 0. The molecule has 0 fully saturated rings. The third-order valence-corrected chi connectivity index (χ3v) is 10.6. The zero-order chi connectivity index (χ0) is 37.2. The molecule has 0 aliphatic rings. The number of rotatable bonds is 7. The third-order valence-electron chi connectivity index (χ3n) is 10.6. The van der Waals surface area contributed by atoms with E-state index in [-0.39, 0.29) is 5.92 Å². The SMILES string of the molecule is Cc1ccc(N(c2ccc(C)cc2)c2cc3c(cn2)oc2c(C(C)C)c4oc5cnc(N(c6ccc(C)cc6)c6ccc(C)cc6)cc5c4c(C)c23)cc1. The van der Waals surface area contributed by atoms with Crippen LogP contribution in [-0.2, 0) is 0 Å². The predicted molar refractivity (Wildman–Crippen MR) is 224 cm³/mol. The van der Waals surface area contributed by atoms with E-state index in [1.54, 1.807) is 0 Å². The fraction of sp³-hybridized carbons (Fsp3) is 0.167. The molecule has 4 aromatic heterocycles. The summed E-state index contributed by atoms with van der Waals surface area (Å²) in [4.78, 5) is 14.4. The van der Waals surface area contributed by atoms with Crippen LogP contribution in [0.5, 0.6) is 0 Å². The number of aromatic nitrogens is 2. The number of nitrogens with zero attached hydrogens (tertiary/aromatic N) is 4. The monoisotopic (exact) mass is 706 g/mol. The van der Waals surface area contributed by atoms with Gasteiger partial charge >= 0.3 is 0 Å². The maximum Gasteiger partial charge on any atom is 0.153 e. The van der Waals surface area contributed by atoms with Gasteiger partial charge in [-0.25, -0.2) is 9.97 Å². The van der Waals surface area contributed by atoms with E-state index in [1.807, 2.05) is 12.4 Å². The zero-order valence-electron chi connectivity index (χ0n) is 31.7. The summed E-state index contributed by atoms with van der Waals surface area (Å²) in [5.74, 6) is 1.77. The van der Waals surface area contributed by atoms with Gasteiger partial charge in [0, 0.05) is 49.9 Å². The van der Waals surface area contributed by atoms with Crippen molar-refractivity contribution < 1.29 is 8.83 Å². The van der Waals surface area contributed by atoms with Gasteiger partial charge in [-0.1, -0.05) is 84.6 Å². The van der Waals surface area contributed by atoms with E-state index in [0.29, 0.717) is 0 Å². The molecule has 0 saturated heterocycles. The molecule has 0 spiro atoms. The topological polar surface area (TPSA) is 58.5 Å². The van der Waals surface area contributed by atoms with Gasteiger partial charge in [-0.15, -0.1) is 0 Å². The first kappa shape index (κ1) is 33.4. The highest BCUT2D eigenvalue weighted by Gasteiger charge is 2.27. The van der Waals surface area contributed by atoms with Crippen molar-refractivity contribution >= 4 is 78.3 Å². The Hall–Kier alpha value is -6.40. The quantitative estimate of drug-likeness (QED) is 0.164. The second kappa shape index (κ2) is 12.9. The highest BCUT2D eigenvalue weighted by molar-refractivity contribution is 6.20. The minimum absolute atomic E-state index is 0.129. The molecule has 0 aliphatic carbocycles. The fourth-order valence-corrected chi connectivity index (χ4v) is 7.71. The Morgan fingerprint density at radius 3 is 1.07 bits per heavy atom. The molecule has 0 saturated carbocycles. The summed E-state index contributed by atoms with van der Waals surface area (Å²) in [6, 6.07) is 38.7. The lowest BCUT2D eigenvalue weighted by Gasteiger charge is -2.24. The number of pyridine rings is 2. The smallest absolute Gasteiger partial charge is 0.153 e. The van der Waals surface area contributed by atoms with Crippen molar-refractivity contribution in [3.63, 3.8) is 0 Å². The van der Waals surface area contributed by atoms with Crippen molar-refractivity contribution in [1.29, 1.82) is 0 Å². The standard InChI is InChI=1S/C48H42N4O2/c1-28(2)44-47-45(38-24-42(49-26-40(38)53-47)51(34-16-8-29(3)9-17-34)35-18-10-30(4)11-19-35)33(7)46-39-25-43(50-27-41(39)54-48(44)46)52(36-20-12-31(5)13-21-36)37-22-14-32(6)15-23-37/h8-28H,1-7H3. The Morgan fingerprint density at radius 1 is 0.463 bits per heavy atom. The van der Waals surface area contributed by atoms with Crippen LogP contribution in [0.2, 0.25) is 0 Å². The Bertz CT molecular complexity index is 2550. The summed E-state index contributed by atoms with van der Waals surface area (Å²) in [7, 11) is 0. The van der Waals surface area contributed by atoms with Gasteiger partial charge in [0.05, 0.1) is 12.4 Å². The lowest BCUT2D eigenvalue weighted by Crippen LogP contribution is -2.11. The first-order valence-corrected chi connectivity index (χ1v) is 18.6. The number of anilines is 6. The number of aryl methyl sites for hydroxylation is 5. The fourth-order valence-electron chi connectivity index (χ4n) is 7.71. The molecular formula is C48H42N4O2. The van der Waals surface area contributed by atoms with Crippen molar-refractivity contribution in [1.82, 2.24) is 9.97 Å². The van der Waals surface area contributed by atoms with Crippen molar-refractivity contribution in [3.05, 3.63) is 155 Å². The van der Waals surface area contributed by atoms with E-state index in [9.17, 15) is 0 Å². The molecule has 9 rings (SSSR count). The first-order chi connectivity index (χ1) is 26.1. The zero-order valence-corrected chi connectivity index (χ0v) is 31.7. The van der Waals surface area contributed by atoms with Crippen LogP contribution in [-0.4, -0.2) is 9.97 Å². The summed E-state index contributed by atoms with van der Waals surface area (Å²) < 4.78 is 13.5. The van der Waals surface area contributed by atoms with Crippen molar-refractivity contribution in [2.75, 3.05) is 9.80 Å². The van der Waals surface area contributed by atoms with Crippen molar-refractivity contribution in [2.45, 2.75) is 54.4 Å². The van der Waals surface area contributed by atoms with Crippen LogP contribution in [0.3, 0.4) is 0 Å². The number of furan rings is 2. The Labute approximate surface area is 315 Å². The first-order valence-electron chi connectivity index (χ1n) is 18.6. The van der Waals surface area contributed by atoms with Crippen molar-refractivity contribution in [2.24, 2.45) is 0 Å². The normalized spacial score (nSPS) is 11.8. The number of fused-ring (bicyclic) bond motifs is 6. The minimum atomic E-state index is 0.129. The van der Waals surface area contributed by atoms with Crippen LogP contribution < -0.4 is 9.80 Å². The van der Waals surface area contributed by atoms with Crippen LogP contribution >= 0.6 is 0 Å². The molecule has 0 atom stereocenters. The van der Waals surface area contributed by atoms with Crippen LogP contribution in [0.15, 0.2) is 130 Å². The minimum Gasteiger partial charge on any atom is -0.454 e. The molecule has 9 aromatic rings. The molecular weight excluding hydrogens is 665 g/mol. The van der Waals surface area contributed by atoms with E-state index < -0.39 is 0 Å². The van der Waals surface area contributed by atoms with Crippen LogP contribution in [0.25, 0.3) is 43.9 Å². The van der Waals surface area contributed by atoms with Crippen LogP contribution in [0.1, 0.15) is 53.1 Å². The Morgan fingerprint density at radius 2 is 0.778 bits per heavy atom. The molecule has 0 N–H and O–H groups in total. The van der Waals surface area contributed by atoms with Gasteiger partial charge in [0.25, 0.3) is 0 Å². The summed E-state index contributed by atoms with van der Waals surface area (Å²) in [5, 5.41) is 4.19. The van der Waals surface area contributed by atoms with Gasteiger partial charge in [-0.3, -0.25) is 9.80 Å². The van der Waals surface area contributed by atoms with E-state index in [4.69, 9.17) is 18.8 Å². The largest absolute Gasteiger partial charge is 0.454 e. The summed E-state index contributed by atoms with van der Waals surface area (Å²) in [6.07, 6.45) is 3.74. The summed E-state index contributed by atoms with van der Waals surface area (Å²) in [5.41, 5.74) is 14.3. The van der Waals surface area contributed by atoms with Gasteiger partial charge in [0.15, 0.2) is 11.2 Å². The van der Waals surface area contributed by atoms with E-state index in [1.165, 1.54) is 22.3 Å².